The Labute approximate surface area is 175 Å². The third kappa shape index (κ3) is 3.34. The number of nitrogens with one attached hydrogen (secondary N) is 1. The highest BCUT2D eigenvalue weighted by Crippen LogP contribution is 2.38. The molecule has 1 saturated heterocycles. The van der Waals surface area contributed by atoms with Crippen LogP contribution >= 0.6 is 0 Å². The first kappa shape index (κ1) is 20.4. The first-order chi connectivity index (χ1) is 14.3. The molecule has 1 saturated carbocycles. The summed E-state index contributed by atoms with van der Waals surface area (Å²) in [7, 11) is 0. The molecule has 3 aliphatic rings. The van der Waals surface area contributed by atoms with Crippen molar-refractivity contribution >= 4 is 29.5 Å². The van der Waals surface area contributed by atoms with Crippen molar-refractivity contribution in [2.75, 3.05) is 18.0 Å². The standard InChI is InChI=1S/C22H27N3O5/c1-14-7-5-6-11-22(14)20(28)25(21(29)23-22)13-18(26)30-15(2)19(27)24-12-10-16-8-3-4-9-17(16)24/h3-4,8-9,14-15H,5-7,10-13H2,1-2H3,(H,23,29)/t14-,15-,22-/m0/s1. The lowest BCUT2D eigenvalue weighted by Crippen LogP contribution is -2.54. The van der Waals surface area contributed by atoms with Crippen molar-refractivity contribution in [2.45, 2.75) is 57.6 Å². The SMILES string of the molecule is C[C@H](OC(=O)CN1C(=O)N[C@]2(CCCC[C@@H]2C)C1=O)C(=O)N1CCc2ccccc21. The predicted molar refractivity (Wildman–Crippen MR) is 109 cm³/mol. The number of carbonyl (C=O) groups excluding carboxylic acids is 4. The van der Waals surface area contributed by atoms with E-state index in [1.165, 1.54) is 6.92 Å². The maximum atomic E-state index is 13.0. The highest BCUT2D eigenvalue weighted by atomic mass is 16.5. The molecule has 3 atom stereocenters. The predicted octanol–water partition coefficient (Wildman–Crippen LogP) is 2.01. The summed E-state index contributed by atoms with van der Waals surface area (Å²) in [6.45, 7) is 3.51. The van der Waals surface area contributed by atoms with Gasteiger partial charge in [-0.1, -0.05) is 38.0 Å². The van der Waals surface area contributed by atoms with Gasteiger partial charge in [0.05, 0.1) is 0 Å². The molecular formula is C22H27N3O5. The molecule has 1 N–H and O–H groups in total. The lowest BCUT2D eigenvalue weighted by atomic mass is 9.73. The summed E-state index contributed by atoms with van der Waals surface area (Å²) in [5, 5.41) is 2.81. The largest absolute Gasteiger partial charge is 0.451 e. The van der Waals surface area contributed by atoms with Crippen LogP contribution in [0.1, 0.15) is 45.1 Å². The number of esters is 1. The Balaban J connectivity index is 1.38. The molecule has 1 aromatic rings. The second kappa shape index (κ2) is 7.74. The Morgan fingerprint density at radius 1 is 1.27 bits per heavy atom. The molecule has 1 aromatic carbocycles. The number of ether oxygens (including phenoxy) is 1. The molecule has 1 spiro atoms. The van der Waals surface area contributed by atoms with E-state index in [-0.39, 0.29) is 17.7 Å². The zero-order valence-electron chi connectivity index (χ0n) is 17.3. The van der Waals surface area contributed by atoms with E-state index in [4.69, 9.17) is 4.74 Å². The van der Waals surface area contributed by atoms with Crippen LogP contribution in [0.3, 0.4) is 0 Å². The van der Waals surface area contributed by atoms with Gasteiger partial charge in [0.25, 0.3) is 11.8 Å². The number of imide groups is 1. The minimum absolute atomic E-state index is 0.0134. The molecular weight excluding hydrogens is 386 g/mol. The second-order valence-electron chi connectivity index (χ2n) is 8.44. The zero-order valence-corrected chi connectivity index (χ0v) is 17.3. The first-order valence-corrected chi connectivity index (χ1v) is 10.6. The Bertz CT molecular complexity index is 901. The fourth-order valence-electron chi connectivity index (χ4n) is 4.84. The molecule has 8 heteroatoms. The van der Waals surface area contributed by atoms with Crippen LogP contribution in [0.5, 0.6) is 0 Å². The second-order valence-corrected chi connectivity index (χ2v) is 8.44. The first-order valence-electron chi connectivity index (χ1n) is 10.6. The van der Waals surface area contributed by atoms with E-state index in [0.29, 0.717) is 13.0 Å². The van der Waals surface area contributed by atoms with Crippen LogP contribution in [-0.2, 0) is 25.5 Å². The van der Waals surface area contributed by atoms with Gasteiger partial charge in [0.15, 0.2) is 6.10 Å². The summed E-state index contributed by atoms with van der Waals surface area (Å²) < 4.78 is 5.30. The smallest absolute Gasteiger partial charge is 0.327 e. The highest BCUT2D eigenvalue weighted by molar-refractivity contribution is 6.09. The quantitative estimate of drug-likeness (QED) is 0.602. The number of benzene rings is 1. The van der Waals surface area contributed by atoms with Crippen LogP contribution in [0.15, 0.2) is 24.3 Å². The third-order valence-corrected chi connectivity index (χ3v) is 6.60. The maximum Gasteiger partial charge on any atom is 0.327 e. The maximum absolute atomic E-state index is 13.0. The van der Waals surface area contributed by atoms with E-state index in [2.05, 4.69) is 5.32 Å². The Kier molecular flexibility index (Phi) is 5.26. The molecule has 4 rings (SSSR count). The summed E-state index contributed by atoms with van der Waals surface area (Å²) in [5.41, 5.74) is 0.986. The molecule has 0 bridgehead atoms. The van der Waals surface area contributed by atoms with Gasteiger partial charge in [0.1, 0.15) is 12.1 Å². The van der Waals surface area contributed by atoms with E-state index < -0.39 is 30.2 Å². The third-order valence-electron chi connectivity index (χ3n) is 6.60. The van der Waals surface area contributed by atoms with Gasteiger partial charge < -0.3 is 15.0 Å². The van der Waals surface area contributed by atoms with Gasteiger partial charge in [-0.3, -0.25) is 19.3 Å². The van der Waals surface area contributed by atoms with Crippen LogP contribution in [0.2, 0.25) is 0 Å². The number of rotatable bonds is 4. The van der Waals surface area contributed by atoms with Gasteiger partial charge in [0.2, 0.25) is 0 Å². The number of carbonyl (C=O) groups is 4. The number of fused-ring (bicyclic) bond motifs is 1. The molecule has 160 valence electrons. The van der Waals surface area contributed by atoms with Gasteiger partial charge in [0, 0.05) is 12.2 Å². The Morgan fingerprint density at radius 2 is 2.03 bits per heavy atom. The number of hydrogen-bond acceptors (Lipinski definition) is 5. The molecule has 2 heterocycles. The van der Waals surface area contributed by atoms with Gasteiger partial charge in [-0.2, -0.15) is 0 Å². The molecule has 2 aliphatic heterocycles. The van der Waals surface area contributed by atoms with Gasteiger partial charge >= 0.3 is 12.0 Å². The average molecular weight is 413 g/mol. The van der Waals surface area contributed by atoms with E-state index >= 15 is 0 Å². The van der Waals surface area contributed by atoms with Crippen LogP contribution in [0.25, 0.3) is 0 Å². The van der Waals surface area contributed by atoms with Gasteiger partial charge in [-0.15, -0.1) is 0 Å². The number of urea groups is 1. The van der Waals surface area contributed by atoms with E-state index in [0.717, 1.165) is 41.8 Å². The zero-order chi connectivity index (χ0) is 21.5. The van der Waals surface area contributed by atoms with E-state index in [9.17, 15) is 19.2 Å². The topological polar surface area (TPSA) is 96.0 Å². The van der Waals surface area contributed by atoms with E-state index in [1.807, 2.05) is 31.2 Å². The molecule has 2 fully saturated rings. The summed E-state index contributed by atoms with van der Waals surface area (Å²) >= 11 is 0. The number of amides is 4. The molecule has 1 aliphatic carbocycles. The lowest BCUT2D eigenvalue weighted by Gasteiger charge is -2.36. The molecule has 0 unspecified atom stereocenters. The molecule has 0 aromatic heterocycles. The number of nitrogens with zero attached hydrogens (tertiary/aromatic N) is 2. The Hall–Kier alpha value is -2.90. The summed E-state index contributed by atoms with van der Waals surface area (Å²) in [4.78, 5) is 53.1. The number of anilines is 1. The molecule has 4 amide bonds. The van der Waals surface area contributed by atoms with Crippen molar-refractivity contribution in [3.63, 3.8) is 0 Å². The summed E-state index contributed by atoms with van der Waals surface area (Å²) in [5.74, 6) is -1.45. The minimum Gasteiger partial charge on any atom is -0.451 e. The number of para-hydroxylation sites is 1. The normalized spacial score (nSPS) is 26.5. The molecule has 30 heavy (non-hydrogen) atoms. The van der Waals surface area contributed by atoms with Crippen molar-refractivity contribution in [3.8, 4) is 0 Å². The summed E-state index contributed by atoms with van der Waals surface area (Å²) in [6.07, 6.45) is 3.06. The lowest BCUT2D eigenvalue weighted by molar-refractivity contribution is -0.156. The average Bonchev–Trinajstić information content (AvgIpc) is 3.25. The molecule has 8 nitrogen and oxygen atoms in total. The Morgan fingerprint density at radius 3 is 2.80 bits per heavy atom. The summed E-state index contributed by atoms with van der Waals surface area (Å²) in [6, 6.07) is 7.05. The van der Waals surface area contributed by atoms with Crippen LogP contribution < -0.4 is 10.2 Å². The van der Waals surface area contributed by atoms with Gasteiger partial charge in [-0.05, 0) is 43.7 Å². The van der Waals surface area contributed by atoms with Crippen molar-refractivity contribution in [1.29, 1.82) is 0 Å². The van der Waals surface area contributed by atoms with Crippen molar-refractivity contribution in [3.05, 3.63) is 29.8 Å². The fourth-order valence-corrected chi connectivity index (χ4v) is 4.84. The van der Waals surface area contributed by atoms with Crippen LogP contribution in [0.4, 0.5) is 10.5 Å². The van der Waals surface area contributed by atoms with E-state index in [1.54, 1.807) is 4.90 Å². The number of hydrogen-bond donors (Lipinski definition) is 1. The highest BCUT2D eigenvalue weighted by Gasteiger charge is 2.55. The van der Waals surface area contributed by atoms with Crippen molar-refractivity contribution in [2.24, 2.45) is 5.92 Å². The molecule has 0 radical (unpaired) electrons. The van der Waals surface area contributed by atoms with Crippen molar-refractivity contribution < 1.29 is 23.9 Å². The minimum atomic E-state index is -1.01. The van der Waals surface area contributed by atoms with Crippen LogP contribution in [-0.4, -0.2) is 53.4 Å². The van der Waals surface area contributed by atoms with Crippen molar-refractivity contribution in [1.82, 2.24) is 10.2 Å². The fraction of sp³-hybridized carbons (Fsp3) is 0.545. The monoisotopic (exact) mass is 413 g/mol. The van der Waals surface area contributed by atoms with Gasteiger partial charge in [-0.25, -0.2) is 4.79 Å². The van der Waals surface area contributed by atoms with Crippen LogP contribution in [0, 0.1) is 5.92 Å².